The van der Waals surface area contributed by atoms with Gasteiger partial charge in [-0.05, 0) is 36.6 Å². The standard InChI is InChI=1S/C22H28N4O4/c1-16(2)14-24-22(25-15-18-5-8-19(9-6-18)26(27)28)23-12-11-17-7-10-20(29-3)21(13-17)30-4/h5-10,13H,1,11-12,14-15H2,2-4H3,(H2,23,24,25). The Morgan fingerprint density at radius 2 is 1.73 bits per heavy atom. The second kappa shape index (κ2) is 11.5. The zero-order chi connectivity index (χ0) is 21.9. The van der Waals surface area contributed by atoms with E-state index in [2.05, 4.69) is 22.2 Å². The van der Waals surface area contributed by atoms with Crippen LogP contribution in [0.3, 0.4) is 0 Å². The van der Waals surface area contributed by atoms with E-state index in [1.165, 1.54) is 12.1 Å². The minimum atomic E-state index is -0.414. The summed E-state index contributed by atoms with van der Waals surface area (Å²) in [5, 5.41) is 17.3. The lowest BCUT2D eigenvalue weighted by Gasteiger charge is -2.14. The average molecular weight is 412 g/mol. The number of nitrogens with one attached hydrogen (secondary N) is 2. The average Bonchev–Trinajstić information content (AvgIpc) is 2.75. The Hall–Kier alpha value is -3.55. The second-order valence-corrected chi connectivity index (χ2v) is 6.77. The minimum Gasteiger partial charge on any atom is -0.493 e. The first kappa shape index (κ1) is 22.7. The molecular weight excluding hydrogens is 384 g/mol. The predicted octanol–water partition coefficient (Wildman–Crippen LogP) is 3.47. The molecule has 2 aromatic rings. The molecule has 0 radical (unpaired) electrons. The normalized spacial score (nSPS) is 11.0. The highest BCUT2D eigenvalue weighted by Gasteiger charge is 2.06. The van der Waals surface area contributed by atoms with Crippen LogP contribution in [0.15, 0.2) is 59.6 Å². The molecule has 0 heterocycles. The Morgan fingerprint density at radius 3 is 2.33 bits per heavy atom. The lowest BCUT2D eigenvalue weighted by atomic mass is 10.1. The van der Waals surface area contributed by atoms with E-state index in [4.69, 9.17) is 9.47 Å². The Morgan fingerprint density at radius 1 is 1.07 bits per heavy atom. The van der Waals surface area contributed by atoms with Crippen molar-refractivity contribution in [3.63, 3.8) is 0 Å². The number of guanidine groups is 1. The summed E-state index contributed by atoms with van der Waals surface area (Å²) >= 11 is 0. The van der Waals surface area contributed by atoms with Crippen molar-refractivity contribution >= 4 is 11.6 Å². The number of benzene rings is 2. The van der Waals surface area contributed by atoms with Crippen LogP contribution in [0.25, 0.3) is 0 Å². The molecular formula is C22H28N4O4. The van der Waals surface area contributed by atoms with Gasteiger partial charge in [0.05, 0.1) is 25.7 Å². The smallest absolute Gasteiger partial charge is 0.269 e. The van der Waals surface area contributed by atoms with E-state index in [9.17, 15) is 10.1 Å². The van der Waals surface area contributed by atoms with Gasteiger partial charge in [0.2, 0.25) is 0 Å². The molecule has 0 fully saturated rings. The van der Waals surface area contributed by atoms with Crippen LogP contribution in [0.2, 0.25) is 0 Å². The lowest BCUT2D eigenvalue weighted by Crippen LogP contribution is -2.39. The predicted molar refractivity (Wildman–Crippen MR) is 118 cm³/mol. The highest BCUT2D eigenvalue weighted by molar-refractivity contribution is 5.80. The van der Waals surface area contributed by atoms with E-state index in [1.54, 1.807) is 26.4 Å². The largest absolute Gasteiger partial charge is 0.493 e. The third kappa shape index (κ3) is 7.12. The van der Waals surface area contributed by atoms with Crippen molar-refractivity contribution in [1.82, 2.24) is 10.6 Å². The van der Waals surface area contributed by atoms with Gasteiger partial charge in [-0.15, -0.1) is 0 Å². The zero-order valence-corrected chi connectivity index (χ0v) is 17.6. The number of non-ortho nitro benzene ring substituents is 1. The number of aliphatic imine (C=N–C) groups is 1. The summed E-state index contributed by atoms with van der Waals surface area (Å²) in [5.74, 6) is 2.04. The topological polar surface area (TPSA) is 98.0 Å². The summed E-state index contributed by atoms with van der Waals surface area (Å²) in [4.78, 5) is 14.9. The molecule has 0 atom stereocenters. The number of rotatable bonds is 10. The van der Waals surface area contributed by atoms with Gasteiger partial charge in [-0.25, -0.2) is 4.99 Å². The molecule has 0 amide bonds. The SMILES string of the molecule is C=C(C)CNC(=NCc1ccc([N+](=O)[O-])cc1)NCCc1ccc(OC)c(OC)c1. The van der Waals surface area contributed by atoms with Crippen molar-refractivity contribution in [2.24, 2.45) is 4.99 Å². The molecule has 0 saturated heterocycles. The van der Waals surface area contributed by atoms with Gasteiger partial charge >= 0.3 is 0 Å². The third-order valence-electron chi connectivity index (χ3n) is 4.28. The van der Waals surface area contributed by atoms with Crippen molar-refractivity contribution in [2.75, 3.05) is 27.3 Å². The highest BCUT2D eigenvalue weighted by atomic mass is 16.6. The number of hydrogen-bond donors (Lipinski definition) is 2. The lowest BCUT2D eigenvalue weighted by molar-refractivity contribution is -0.384. The first-order valence-corrected chi connectivity index (χ1v) is 9.53. The van der Waals surface area contributed by atoms with Crippen molar-refractivity contribution < 1.29 is 14.4 Å². The van der Waals surface area contributed by atoms with Gasteiger partial charge in [0.1, 0.15) is 0 Å². The number of nitro groups is 1. The minimum absolute atomic E-state index is 0.0661. The molecule has 0 aliphatic heterocycles. The van der Waals surface area contributed by atoms with Gasteiger partial charge < -0.3 is 20.1 Å². The summed E-state index contributed by atoms with van der Waals surface area (Å²) < 4.78 is 10.6. The van der Waals surface area contributed by atoms with Gasteiger partial charge in [-0.2, -0.15) is 0 Å². The highest BCUT2D eigenvalue weighted by Crippen LogP contribution is 2.27. The fourth-order valence-electron chi connectivity index (χ4n) is 2.66. The van der Waals surface area contributed by atoms with Crippen LogP contribution < -0.4 is 20.1 Å². The van der Waals surface area contributed by atoms with Crippen molar-refractivity contribution in [3.05, 3.63) is 75.9 Å². The van der Waals surface area contributed by atoms with Crippen molar-refractivity contribution in [2.45, 2.75) is 19.9 Å². The Labute approximate surface area is 176 Å². The van der Waals surface area contributed by atoms with E-state index in [1.807, 2.05) is 25.1 Å². The van der Waals surface area contributed by atoms with E-state index in [0.717, 1.165) is 23.1 Å². The van der Waals surface area contributed by atoms with E-state index in [0.29, 0.717) is 37.1 Å². The number of hydrogen-bond acceptors (Lipinski definition) is 5. The summed E-state index contributed by atoms with van der Waals surface area (Å²) in [6.07, 6.45) is 0.770. The van der Waals surface area contributed by atoms with Crippen LogP contribution in [-0.4, -0.2) is 38.2 Å². The molecule has 0 aliphatic rings. The second-order valence-electron chi connectivity index (χ2n) is 6.77. The van der Waals surface area contributed by atoms with Gasteiger partial charge in [-0.3, -0.25) is 10.1 Å². The molecule has 30 heavy (non-hydrogen) atoms. The van der Waals surface area contributed by atoms with E-state index in [-0.39, 0.29) is 5.69 Å². The fraction of sp³-hybridized carbons (Fsp3) is 0.318. The van der Waals surface area contributed by atoms with Crippen LogP contribution in [0.1, 0.15) is 18.1 Å². The molecule has 160 valence electrons. The molecule has 0 saturated carbocycles. The monoisotopic (exact) mass is 412 g/mol. The third-order valence-corrected chi connectivity index (χ3v) is 4.28. The zero-order valence-electron chi connectivity index (χ0n) is 17.6. The van der Waals surface area contributed by atoms with Crippen LogP contribution in [-0.2, 0) is 13.0 Å². The molecule has 8 nitrogen and oxygen atoms in total. The van der Waals surface area contributed by atoms with E-state index >= 15 is 0 Å². The number of ether oxygens (including phenoxy) is 2. The Bertz CT molecular complexity index is 895. The maximum Gasteiger partial charge on any atom is 0.269 e. The first-order chi connectivity index (χ1) is 14.4. The molecule has 2 aromatic carbocycles. The summed E-state index contributed by atoms with van der Waals surface area (Å²) in [5.41, 5.74) is 3.04. The number of nitro benzene ring substituents is 1. The van der Waals surface area contributed by atoms with Crippen molar-refractivity contribution in [1.29, 1.82) is 0 Å². The maximum atomic E-state index is 10.8. The van der Waals surface area contributed by atoms with Gasteiger partial charge in [0, 0.05) is 25.2 Å². The summed E-state index contributed by atoms with van der Waals surface area (Å²) in [6, 6.07) is 12.2. The molecule has 0 aliphatic carbocycles. The molecule has 8 heteroatoms. The summed E-state index contributed by atoms with van der Waals surface area (Å²) in [6.45, 7) is 7.50. The quantitative estimate of drug-likeness (QED) is 0.204. The van der Waals surface area contributed by atoms with Gasteiger partial charge in [-0.1, -0.05) is 30.4 Å². The number of methoxy groups -OCH3 is 2. The van der Waals surface area contributed by atoms with Crippen LogP contribution >= 0.6 is 0 Å². The molecule has 2 rings (SSSR count). The molecule has 0 unspecified atom stereocenters. The first-order valence-electron chi connectivity index (χ1n) is 9.53. The Kier molecular flexibility index (Phi) is 8.68. The molecule has 0 aromatic heterocycles. The van der Waals surface area contributed by atoms with Gasteiger partial charge in [0.25, 0.3) is 5.69 Å². The maximum absolute atomic E-state index is 10.8. The molecule has 0 spiro atoms. The number of nitrogens with zero attached hydrogens (tertiary/aromatic N) is 2. The molecule has 2 N–H and O–H groups in total. The summed E-state index contributed by atoms with van der Waals surface area (Å²) in [7, 11) is 3.23. The van der Waals surface area contributed by atoms with Gasteiger partial charge in [0.15, 0.2) is 17.5 Å². The van der Waals surface area contributed by atoms with Crippen LogP contribution in [0.4, 0.5) is 5.69 Å². The molecule has 0 bridgehead atoms. The van der Waals surface area contributed by atoms with Crippen molar-refractivity contribution in [3.8, 4) is 11.5 Å². The van der Waals surface area contributed by atoms with Crippen LogP contribution in [0.5, 0.6) is 11.5 Å². The fourth-order valence-corrected chi connectivity index (χ4v) is 2.66. The Balaban J connectivity index is 1.99. The van der Waals surface area contributed by atoms with Crippen LogP contribution in [0, 0.1) is 10.1 Å². The van der Waals surface area contributed by atoms with E-state index < -0.39 is 4.92 Å².